The topological polar surface area (TPSA) is 94.5 Å². The highest BCUT2D eigenvalue weighted by Crippen LogP contribution is 2.25. The van der Waals surface area contributed by atoms with Gasteiger partial charge in [-0.25, -0.2) is 0 Å². The van der Waals surface area contributed by atoms with Crippen LogP contribution in [-0.4, -0.2) is 45.4 Å². The van der Waals surface area contributed by atoms with Crippen molar-refractivity contribution in [2.45, 2.75) is 52.9 Å². The minimum atomic E-state index is -0.315. The first kappa shape index (κ1) is 22.8. The summed E-state index contributed by atoms with van der Waals surface area (Å²) in [5, 5.41) is 7.52. The maximum Gasteiger partial charge on any atom is 0.257 e. The summed E-state index contributed by atoms with van der Waals surface area (Å²) in [4.78, 5) is 28.5. The lowest BCUT2D eigenvalue weighted by Gasteiger charge is -2.19. The molecule has 1 atom stereocenters. The van der Waals surface area contributed by atoms with Gasteiger partial charge in [0.2, 0.25) is 0 Å². The summed E-state index contributed by atoms with van der Waals surface area (Å²) < 4.78 is 14.5. The van der Waals surface area contributed by atoms with Crippen LogP contribution in [0.1, 0.15) is 53.0 Å². The SMILES string of the molecule is CCn1cc(CN2CCc3c(C(=O)NC(C)c4ccco4)c(OC)cc(=O)n3CC2)c(C)n1. The zero-order valence-electron chi connectivity index (χ0n) is 19.6. The Balaban J connectivity index is 1.59. The fourth-order valence-corrected chi connectivity index (χ4v) is 4.35. The van der Waals surface area contributed by atoms with Gasteiger partial charge in [-0.2, -0.15) is 5.10 Å². The molecule has 9 heteroatoms. The van der Waals surface area contributed by atoms with Crippen molar-refractivity contribution in [3.63, 3.8) is 0 Å². The largest absolute Gasteiger partial charge is 0.496 e. The van der Waals surface area contributed by atoms with Crippen LogP contribution in [0.15, 0.2) is 39.9 Å². The molecule has 1 unspecified atom stereocenters. The number of ether oxygens (including phenoxy) is 1. The number of methoxy groups -OCH3 is 1. The second kappa shape index (κ2) is 9.66. The van der Waals surface area contributed by atoms with E-state index in [1.807, 2.05) is 24.6 Å². The number of nitrogens with one attached hydrogen (secondary N) is 1. The van der Waals surface area contributed by atoms with E-state index in [-0.39, 0.29) is 17.5 Å². The van der Waals surface area contributed by atoms with Crippen LogP contribution in [0.3, 0.4) is 0 Å². The summed E-state index contributed by atoms with van der Waals surface area (Å²) in [6.45, 7) is 9.46. The van der Waals surface area contributed by atoms with Crippen molar-refractivity contribution in [2.75, 3.05) is 20.2 Å². The minimum absolute atomic E-state index is 0.158. The first-order chi connectivity index (χ1) is 15.9. The van der Waals surface area contributed by atoms with Crippen molar-refractivity contribution in [1.82, 2.24) is 24.6 Å². The average molecular weight is 454 g/mol. The fourth-order valence-electron chi connectivity index (χ4n) is 4.35. The Bertz CT molecular complexity index is 1180. The van der Waals surface area contributed by atoms with Crippen molar-refractivity contribution in [2.24, 2.45) is 0 Å². The van der Waals surface area contributed by atoms with Crippen LogP contribution >= 0.6 is 0 Å². The summed E-state index contributed by atoms with van der Waals surface area (Å²) >= 11 is 0. The third-order valence-corrected chi connectivity index (χ3v) is 6.22. The number of hydrogen-bond donors (Lipinski definition) is 1. The van der Waals surface area contributed by atoms with Crippen LogP contribution in [0, 0.1) is 6.92 Å². The van der Waals surface area contributed by atoms with E-state index in [1.165, 1.54) is 18.7 Å². The number of fused-ring (bicyclic) bond motifs is 1. The molecule has 0 saturated heterocycles. The normalized spacial score (nSPS) is 15.0. The molecule has 0 aliphatic carbocycles. The molecule has 1 N–H and O–H groups in total. The number of aryl methyl sites for hydroxylation is 2. The predicted molar refractivity (Wildman–Crippen MR) is 123 cm³/mol. The summed E-state index contributed by atoms with van der Waals surface area (Å²) in [7, 11) is 1.48. The molecule has 176 valence electrons. The van der Waals surface area contributed by atoms with E-state index in [9.17, 15) is 9.59 Å². The summed E-state index contributed by atoms with van der Waals surface area (Å²) in [6.07, 6.45) is 4.22. The maximum absolute atomic E-state index is 13.3. The molecule has 0 saturated carbocycles. The molecule has 0 fully saturated rings. The molecule has 0 radical (unpaired) electrons. The molecule has 9 nitrogen and oxygen atoms in total. The number of aromatic nitrogens is 3. The summed E-state index contributed by atoms with van der Waals surface area (Å²) in [5.74, 6) is 0.674. The van der Waals surface area contributed by atoms with Gasteiger partial charge in [0.05, 0.1) is 25.1 Å². The van der Waals surface area contributed by atoms with Gasteiger partial charge >= 0.3 is 0 Å². The van der Waals surface area contributed by atoms with Crippen molar-refractivity contribution >= 4 is 5.91 Å². The number of nitrogens with zero attached hydrogens (tertiary/aromatic N) is 4. The van der Waals surface area contributed by atoms with E-state index in [0.717, 1.165) is 25.3 Å². The molecular weight excluding hydrogens is 422 g/mol. The average Bonchev–Trinajstić information content (AvgIpc) is 3.40. The van der Waals surface area contributed by atoms with Gasteiger partial charge in [-0.3, -0.25) is 19.2 Å². The summed E-state index contributed by atoms with van der Waals surface area (Å²) in [6, 6.07) is 4.69. The molecule has 0 aromatic carbocycles. The standard InChI is InChI=1S/C24H31N5O4/c1-5-28-15-18(16(2)26-28)14-27-9-8-19-23(21(32-4)13-22(30)29(19)11-10-27)24(31)25-17(3)20-7-6-12-33-20/h6-7,12-13,15,17H,5,8-11,14H2,1-4H3,(H,25,31). The Kier molecular flexibility index (Phi) is 6.69. The molecule has 0 bridgehead atoms. The lowest BCUT2D eigenvalue weighted by Crippen LogP contribution is -2.32. The molecule has 0 spiro atoms. The zero-order chi connectivity index (χ0) is 23.5. The first-order valence-corrected chi connectivity index (χ1v) is 11.3. The Morgan fingerprint density at radius 3 is 2.82 bits per heavy atom. The van der Waals surface area contributed by atoms with E-state index in [2.05, 4.69) is 28.4 Å². The van der Waals surface area contributed by atoms with Gasteiger partial charge in [-0.15, -0.1) is 0 Å². The van der Waals surface area contributed by atoms with Crippen LogP contribution in [0.2, 0.25) is 0 Å². The van der Waals surface area contributed by atoms with Crippen LogP contribution in [0.5, 0.6) is 5.75 Å². The van der Waals surface area contributed by atoms with Gasteiger partial charge in [-0.1, -0.05) is 0 Å². The molecule has 1 amide bonds. The number of furan rings is 1. The van der Waals surface area contributed by atoms with Gasteiger partial charge in [0.25, 0.3) is 11.5 Å². The summed E-state index contributed by atoms with van der Waals surface area (Å²) in [5.41, 5.74) is 3.15. The first-order valence-electron chi connectivity index (χ1n) is 11.3. The highest BCUT2D eigenvalue weighted by Gasteiger charge is 2.27. The quantitative estimate of drug-likeness (QED) is 0.591. The van der Waals surface area contributed by atoms with E-state index >= 15 is 0 Å². The lowest BCUT2D eigenvalue weighted by molar-refractivity contribution is 0.0930. The van der Waals surface area contributed by atoms with Gasteiger partial charge in [0.15, 0.2) is 0 Å². The second-order valence-corrected chi connectivity index (χ2v) is 8.36. The van der Waals surface area contributed by atoms with Gasteiger partial charge in [0, 0.05) is 62.7 Å². The number of hydrogen-bond acceptors (Lipinski definition) is 6. The Hall–Kier alpha value is -3.33. The highest BCUT2D eigenvalue weighted by atomic mass is 16.5. The van der Waals surface area contributed by atoms with Crippen molar-refractivity contribution < 1.29 is 13.9 Å². The third-order valence-electron chi connectivity index (χ3n) is 6.22. The molecule has 4 rings (SSSR count). The Morgan fingerprint density at radius 2 is 2.15 bits per heavy atom. The molecule has 3 aromatic heterocycles. The number of rotatable bonds is 7. The van der Waals surface area contributed by atoms with Gasteiger partial charge in [0.1, 0.15) is 17.1 Å². The Labute approximate surface area is 192 Å². The fraction of sp³-hybridized carbons (Fsp3) is 0.458. The van der Waals surface area contributed by atoms with Crippen LogP contribution in [0.25, 0.3) is 0 Å². The Morgan fingerprint density at radius 1 is 1.33 bits per heavy atom. The minimum Gasteiger partial charge on any atom is -0.496 e. The third kappa shape index (κ3) is 4.73. The van der Waals surface area contributed by atoms with Crippen LogP contribution in [-0.2, 0) is 26.1 Å². The van der Waals surface area contributed by atoms with E-state index < -0.39 is 0 Å². The van der Waals surface area contributed by atoms with Gasteiger partial charge < -0.3 is 19.0 Å². The zero-order valence-corrected chi connectivity index (χ0v) is 19.6. The molecular formula is C24H31N5O4. The maximum atomic E-state index is 13.3. The molecule has 1 aliphatic heterocycles. The molecule has 33 heavy (non-hydrogen) atoms. The monoisotopic (exact) mass is 453 g/mol. The molecule has 1 aliphatic rings. The number of carbonyl (C=O) groups excluding carboxylic acids is 1. The van der Waals surface area contributed by atoms with E-state index in [0.29, 0.717) is 42.3 Å². The van der Waals surface area contributed by atoms with Crippen molar-refractivity contribution in [3.05, 3.63) is 69.3 Å². The van der Waals surface area contributed by atoms with Crippen LogP contribution < -0.4 is 15.6 Å². The predicted octanol–water partition coefficient (Wildman–Crippen LogP) is 2.52. The lowest BCUT2D eigenvalue weighted by atomic mass is 10.1. The number of amides is 1. The smallest absolute Gasteiger partial charge is 0.257 e. The molecule has 3 aromatic rings. The van der Waals surface area contributed by atoms with Crippen molar-refractivity contribution in [3.8, 4) is 5.75 Å². The van der Waals surface area contributed by atoms with E-state index in [1.54, 1.807) is 16.9 Å². The molecule has 4 heterocycles. The van der Waals surface area contributed by atoms with Crippen molar-refractivity contribution in [1.29, 1.82) is 0 Å². The second-order valence-electron chi connectivity index (χ2n) is 8.36. The van der Waals surface area contributed by atoms with Crippen LogP contribution in [0.4, 0.5) is 0 Å². The number of carbonyl (C=O) groups is 1. The number of pyridine rings is 1. The highest BCUT2D eigenvalue weighted by molar-refractivity contribution is 5.98. The van der Waals surface area contributed by atoms with Gasteiger partial charge in [-0.05, 0) is 32.9 Å². The van der Waals surface area contributed by atoms with E-state index in [4.69, 9.17) is 9.15 Å².